The first-order chi connectivity index (χ1) is 12.8. The van der Waals surface area contributed by atoms with Crippen molar-refractivity contribution < 1.29 is 4.79 Å². The second-order valence-corrected chi connectivity index (χ2v) is 6.84. The monoisotopic (exact) mass is 366 g/mol. The van der Waals surface area contributed by atoms with E-state index in [4.69, 9.17) is 5.73 Å². The molecule has 26 heavy (non-hydrogen) atoms. The van der Waals surface area contributed by atoms with Crippen LogP contribution in [-0.2, 0) is 17.8 Å². The molecule has 0 saturated heterocycles. The van der Waals surface area contributed by atoms with Crippen molar-refractivity contribution in [2.75, 3.05) is 13.1 Å². The summed E-state index contributed by atoms with van der Waals surface area (Å²) in [5.74, 6) is 0.0696. The van der Waals surface area contributed by atoms with Gasteiger partial charge < -0.3 is 10.6 Å². The first-order valence-corrected chi connectivity index (χ1v) is 9.52. The predicted octanol–water partition coefficient (Wildman–Crippen LogP) is 3.13. The number of carbonyl (C=O) groups is 1. The van der Waals surface area contributed by atoms with Crippen LogP contribution in [0.25, 0.3) is 10.7 Å². The van der Waals surface area contributed by atoms with Gasteiger partial charge in [-0.15, -0.1) is 11.3 Å². The Balaban J connectivity index is 1.68. The fourth-order valence-corrected chi connectivity index (χ4v) is 3.43. The Hall–Kier alpha value is -2.57. The number of nitrogens with two attached hydrogens (primary N) is 1. The van der Waals surface area contributed by atoms with Gasteiger partial charge in [-0.3, -0.25) is 9.78 Å². The van der Waals surface area contributed by atoms with E-state index >= 15 is 0 Å². The van der Waals surface area contributed by atoms with Crippen molar-refractivity contribution in [3.05, 3.63) is 71.4 Å². The summed E-state index contributed by atoms with van der Waals surface area (Å²) < 4.78 is 0. The zero-order valence-corrected chi connectivity index (χ0v) is 15.4. The smallest absolute Gasteiger partial charge is 0.228 e. The van der Waals surface area contributed by atoms with Crippen molar-refractivity contribution in [2.45, 2.75) is 19.4 Å². The molecule has 2 N–H and O–H groups in total. The summed E-state index contributed by atoms with van der Waals surface area (Å²) in [6, 6.07) is 15.7. The number of hydrogen-bond donors (Lipinski definition) is 1. The molecule has 1 amide bonds. The van der Waals surface area contributed by atoms with Gasteiger partial charge in [-0.2, -0.15) is 0 Å². The molecule has 6 heteroatoms. The van der Waals surface area contributed by atoms with Gasteiger partial charge in [0.1, 0.15) is 5.01 Å². The predicted molar refractivity (Wildman–Crippen MR) is 105 cm³/mol. The molecule has 5 nitrogen and oxygen atoms in total. The van der Waals surface area contributed by atoms with Crippen LogP contribution in [0.3, 0.4) is 0 Å². The average Bonchev–Trinajstić information content (AvgIpc) is 3.15. The lowest BCUT2D eigenvalue weighted by molar-refractivity contribution is -0.131. The van der Waals surface area contributed by atoms with E-state index in [1.807, 2.05) is 58.8 Å². The van der Waals surface area contributed by atoms with E-state index in [1.165, 1.54) is 11.3 Å². The fourth-order valence-electron chi connectivity index (χ4n) is 2.64. The van der Waals surface area contributed by atoms with Gasteiger partial charge in [-0.05, 0) is 30.7 Å². The summed E-state index contributed by atoms with van der Waals surface area (Å²) >= 11 is 1.51. The first-order valence-electron chi connectivity index (χ1n) is 8.64. The highest BCUT2D eigenvalue weighted by Crippen LogP contribution is 2.22. The Morgan fingerprint density at radius 1 is 1.12 bits per heavy atom. The Morgan fingerprint density at radius 2 is 1.92 bits per heavy atom. The average molecular weight is 366 g/mol. The van der Waals surface area contributed by atoms with Crippen molar-refractivity contribution in [1.29, 1.82) is 0 Å². The van der Waals surface area contributed by atoms with Crippen molar-refractivity contribution in [3.63, 3.8) is 0 Å². The number of carbonyl (C=O) groups excluding carboxylic acids is 1. The van der Waals surface area contributed by atoms with Crippen LogP contribution in [0.2, 0.25) is 0 Å². The maximum atomic E-state index is 12.8. The molecule has 0 saturated carbocycles. The topological polar surface area (TPSA) is 72.1 Å². The van der Waals surface area contributed by atoms with Gasteiger partial charge >= 0.3 is 0 Å². The molecular weight excluding hydrogens is 344 g/mol. The number of aromatic nitrogens is 2. The minimum atomic E-state index is 0.0696. The van der Waals surface area contributed by atoms with E-state index in [0.29, 0.717) is 26.1 Å². The van der Waals surface area contributed by atoms with E-state index < -0.39 is 0 Å². The van der Waals surface area contributed by atoms with Gasteiger partial charge in [0.25, 0.3) is 0 Å². The van der Waals surface area contributed by atoms with Gasteiger partial charge in [-0.1, -0.05) is 36.4 Å². The summed E-state index contributed by atoms with van der Waals surface area (Å²) in [5.41, 5.74) is 8.37. The van der Waals surface area contributed by atoms with Crippen LogP contribution >= 0.6 is 11.3 Å². The number of rotatable bonds is 8. The Morgan fingerprint density at radius 3 is 2.65 bits per heavy atom. The third-order valence-electron chi connectivity index (χ3n) is 3.97. The van der Waals surface area contributed by atoms with E-state index in [9.17, 15) is 4.79 Å². The normalized spacial score (nSPS) is 10.7. The minimum Gasteiger partial charge on any atom is -0.338 e. The minimum absolute atomic E-state index is 0.0696. The molecule has 0 spiro atoms. The third kappa shape index (κ3) is 4.97. The molecule has 0 aliphatic heterocycles. The molecule has 0 atom stereocenters. The molecular formula is C20H22N4OS. The summed E-state index contributed by atoms with van der Waals surface area (Å²) in [6.45, 7) is 1.82. The van der Waals surface area contributed by atoms with Crippen LogP contribution in [-0.4, -0.2) is 33.9 Å². The van der Waals surface area contributed by atoms with Crippen LogP contribution in [0, 0.1) is 0 Å². The second kappa shape index (κ2) is 9.22. The van der Waals surface area contributed by atoms with E-state index in [-0.39, 0.29) is 5.91 Å². The molecule has 134 valence electrons. The number of thiazole rings is 1. The molecule has 0 aliphatic rings. The van der Waals surface area contributed by atoms with Gasteiger partial charge in [0, 0.05) is 24.7 Å². The molecule has 2 heterocycles. The quantitative estimate of drug-likeness (QED) is 0.665. The lowest BCUT2D eigenvalue weighted by Gasteiger charge is -2.22. The lowest BCUT2D eigenvalue weighted by Crippen LogP contribution is -2.33. The Kier molecular flexibility index (Phi) is 6.46. The molecule has 0 unspecified atom stereocenters. The van der Waals surface area contributed by atoms with Gasteiger partial charge in [0.05, 0.1) is 17.8 Å². The SMILES string of the molecule is NCCCN(Cc1ccccc1)C(=O)Cc1csc(-c2ccccn2)n1. The van der Waals surface area contributed by atoms with E-state index in [0.717, 1.165) is 28.4 Å². The molecule has 0 fully saturated rings. The standard InChI is InChI=1S/C20H22N4OS/c21-10-6-12-24(14-16-7-2-1-3-8-16)19(25)13-17-15-26-20(23-17)18-9-4-5-11-22-18/h1-5,7-9,11,15H,6,10,12-14,21H2. The molecule has 3 aromatic rings. The number of benzene rings is 1. The van der Waals surface area contributed by atoms with Crippen molar-refractivity contribution >= 4 is 17.2 Å². The maximum absolute atomic E-state index is 12.8. The van der Waals surface area contributed by atoms with Crippen LogP contribution in [0.15, 0.2) is 60.1 Å². The first kappa shape index (κ1) is 18.2. The number of nitrogens with zero attached hydrogens (tertiary/aromatic N) is 3. The highest BCUT2D eigenvalue weighted by Gasteiger charge is 2.16. The molecule has 3 rings (SSSR count). The highest BCUT2D eigenvalue weighted by molar-refractivity contribution is 7.13. The molecule has 0 bridgehead atoms. The molecule has 1 aromatic carbocycles. The third-order valence-corrected chi connectivity index (χ3v) is 4.88. The molecule has 2 aromatic heterocycles. The van der Waals surface area contributed by atoms with Crippen molar-refractivity contribution in [2.24, 2.45) is 5.73 Å². The second-order valence-electron chi connectivity index (χ2n) is 5.98. The van der Waals surface area contributed by atoms with Crippen LogP contribution in [0.5, 0.6) is 0 Å². The van der Waals surface area contributed by atoms with Crippen molar-refractivity contribution in [1.82, 2.24) is 14.9 Å². The maximum Gasteiger partial charge on any atom is 0.228 e. The van der Waals surface area contributed by atoms with Gasteiger partial charge in [-0.25, -0.2) is 4.98 Å². The van der Waals surface area contributed by atoms with E-state index in [1.54, 1.807) is 6.20 Å². The largest absolute Gasteiger partial charge is 0.338 e. The Bertz CT molecular complexity index is 820. The fraction of sp³-hybridized carbons (Fsp3) is 0.250. The zero-order valence-electron chi connectivity index (χ0n) is 14.5. The van der Waals surface area contributed by atoms with Crippen LogP contribution < -0.4 is 5.73 Å². The van der Waals surface area contributed by atoms with Crippen LogP contribution in [0.4, 0.5) is 0 Å². The summed E-state index contributed by atoms with van der Waals surface area (Å²) in [4.78, 5) is 23.6. The number of amides is 1. The van der Waals surface area contributed by atoms with Crippen LogP contribution in [0.1, 0.15) is 17.7 Å². The van der Waals surface area contributed by atoms with E-state index in [2.05, 4.69) is 9.97 Å². The summed E-state index contributed by atoms with van der Waals surface area (Å²) in [7, 11) is 0. The zero-order chi connectivity index (χ0) is 18.2. The number of hydrogen-bond acceptors (Lipinski definition) is 5. The summed E-state index contributed by atoms with van der Waals surface area (Å²) in [6.07, 6.45) is 2.82. The molecule has 0 aliphatic carbocycles. The van der Waals surface area contributed by atoms with Crippen molar-refractivity contribution in [3.8, 4) is 10.7 Å². The molecule has 0 radical (unpaired) electrons. The van der Waals surface area contributed by atoms with Gasteiger partial charge in [0.2, 0.25) is 5.91 Å². The van der Waals surface area contributed by atoms with Gasteiger partial charge in [0.15, 0.2) is 0 Å². The lowest BCUT2D eigenvalue weighted by atomic mass is 10.2. The summed E-state index contributed by atoms with van der Waals surface area (Å²) in [5, 5.41) is 2.77. The highest BCUT2D eigenvalue weighted by atomic mass is 32.1. The Labute approximate surface area is 157 Å². The number of pyridine rings is 1.